The van der Waals surface area contributed by atoms with Gasteiger partial charge in [0.25, 0.3) is 0 Å². The highest BCUT2D eigenvalue weighted by molar-refractivity contribution is 5.99. The molecule has 0 aliphatic heterocycles. The smallest absolute Gasteiger partial charge is 0.420 e. The van der Waals surface area contributed by atoms with Gasteiger partial charge in [0.1, 0.15) is 6.54 Å². The lowest BCUT2D eigenvalue weighted by molar-refractivity contribution is -0.143. The number of ketones is 1. The summed E-state index contributed by atoms with van der Waals surface area (Å²) in [7, 11) is 0. The number of oxazole rings is 1. The summed E-state index contributed by atoms with van der Waals surface area (Å²) in [4.78, 5) is 36.4. The minimum absolute atomic E-state index is 0.295. The van der Waals surface area contributed by atoms with Crippen LogP contribution in [0.1, 0.15) is 21.7 Å². The van der Waals surface area contributed by atoms with Crippen molar-refractivity contribution in [1.29, 1.82) is 0 Å². The minimum Gasteiger partial charge on any atom is -0.456 e. The molecule has 0 amide bonds. The van der Waals surface area contributed by atoms with Crippen LogP contribution < -0.4 is 5.76 Å². The summed E-state index contributed by atoms with van der Waals surface area (Å²) in [6.07, 6.45) is 1.75. The summed E-state index contributed by atoms with van der Waals surface area (Å²) >= 11 is 0. The van der Waals surface area contributed by atoms with Gasteiger partial charge in [0, 0.05) is 23.5 Å². The first-order valence-electron chi connectivity index (χ1n) is 8.47. The molecule has 7 heteroatoms. The van der Waals surface area contributed by atoms with E-state index in [2.05, 4.69) is 6.58 Å². The van der Waals surface area contributed by atoms with Gasteiger partial charge in [-0.1, -0.05) is 18.2 Å². The number of carbonyl (C=O) groups excluding carboxylic acids is 2. The molecule has 3 rings (SSSR count). The average molecular weight is 368 g/mol. The second kappa shape index (κ2) is 7.49. The van der Waals surface area contributed by atoms with E-state index in [1.807, 2.05) is 18.4 Å². The van der Waals surface area contributed by atoms with Gasteiger partial charge < -0.3 is 13.7 Å². The third-order valence-corrected chi connectivity index (χ3v) is 4.41. The van der Waals surface area contributed by atoms with Gasteiger partial charge in [0.05, 0.1) is 5.52 Å². The van der Waals surface area contributed by atoms with E-state index in [1.54, 1.807) is 36.4 Å². The van der Waals surface area contributed by atoms with Gasteiger partial charge in [-0.2, -0.15) is 0 Å². The molecule has 3 aromatic rings. The van der Waals surface area contributed by atoms with Gasteiger partial charge >= 0.3 is 11.7 Å². The van der Waals surface area contributed by atoms with E-state index in [9.17, 15) is 14.4 Å². The van der Waals surface area contributed by atoms with E-state index in [0.717, 1.165) is 11.4 Å². The number of hydrogen-bond acceptors (Lipinski definition) is 5. The topological polar surface area (TPSA) is 83.4 Å². The summed E-state index contributed by atoms with van der Waals surface area (Å²) in [6.45, 7) is 7.33. The number of benzene rings is 1. The van der Waals surface area contributed by atoms with Gasteiger partial charge in [-0.25, -0.2) is 4.79 Å². The normalized spacial score (nSPS) is 10.9. The summed E-state index contributed by atoms with van der Waals surface area (Å²) in [5, 5.41) is 0. The zero-order chi connectivity index (χ0) is 19.6. The molecule has 0 aliphatic rings. The molecule has 0 aliphatic carbocycles. The Morgan fingerprint density at radius 1 is 1.22 bits per heavy atom. The van der Waals surface area contributed by atoms with E-state index in [4.69, 9.17) is 9.15 Å². The third kappa shape index (κ3) is 3.62. The largest absolute Gasteiger partial charge is 0.456 e. The molecule has 140 valence electrons. The van der Waals surface area contributed by atoms with E-state index >= 15 is 0 Å². The predicted molar refractivity (Wildman–Crippen MR) is 99.9 cm³/mol. The summed E-state index contributed by atoms with van der Waals surface area (Å²) in [5.74, 6) is -1.62. The molecular weight excluding hydrogens is 348 g/mol. The third-order valence-electron chi connectivity index (χ3n) is 4.41. The predicted octanol–water partition coefficient (Wildman–Crippen LogP) is 2.62. The molecule has 0 unspecified atom stereocenters. The highest BCUT2D eigenvalue weighted by Gasteiger charge is 2.18. The maximum absolute atomic E-state index is 12.4. The zero-order valence-electron chi connectivity index (χ0n) is 15.2. The number of nitrogens with zero attached hydrogens (tertiary/aromatic N) is 2. The molecule has 0 atom stereocenters. The molecule has 0 N–H and O–H groups in total. The molecule has 2 aromatic heterocycles. The molecule has 0 bridgehead atoms. The summed E-state index contributed by atoms with van der Waals surface area (Å²) in [5.41, 5.74) is 3.12. The quantitative estimate of drug-likeness (QED) is 0.364. The molecule has 2 heterocycles. The Morgan fingerprint density at radius 3 is 2.70 bits per heavy atom. The summed E-state index contributed by atoms with van der Waals surface area (Å²) < 4.78 is 13.3. The first-order valence-corrected chi connectivity index (χ1v) is 8.47. The molecule has 0 saturated carbocycles. The number of rotatable bonds is 7. The molecule has 0 saturated heterocycles. The number of Topliss-reactive ketones (excluding diaryl/α,β-unsaturated/α-hetero) is 1. The van der Waals surface area contributed by atoms with Crippen LogP contribution in [0, 0.1) is 13.8 Å². The van der Waals surface area contributed by atoms with Crippen molar-refractivity contribution >= 4 is 22.9 Å². The Kier molecular flexibility index (Phi) is 5.12. The van der Waals surface area contributed by atoms with Gasteiger partial charge in [0.15, 0.2) is 12.2 Å². The number of para-hydroxylation sites is 2. The number of allylic oxidation sites excluding steroid dienone is 1. The Bertz CT molecular complexity index is 1080. The number of fused-ring (bicyclic) bond motifs is 1. The van der Waals surface area contributed by atoms with Crippen LogP contribution in [0.5, 0.6) is 0 Å². The Labute approximate surface area is 155 Å². The number of hydrogen-bond donors (Lipinski definition) is 0. The summed E-state index contributed by atoms with van der Waals surface area (Å²) in [6, 6.07) is 8.55. The first-order chi connectivity index (χ1) is 12.9. The molecular formula is C20H20N2O5. The number of aromatic nitrogens is 2. The van der Waals surface area contributed by atoms with Crippen molar-refractivity contribution in [2.24, 2.45) is 0 Å². The molecule has 27 heavy (non-hydrogen) atoms. The first kappa shape index (κ1) is 18.4. The van der Waals surface area contributed by atoms with Crippen LogP contribution in [0.3, 0.4) is 0 Å². The van der Waals surface area contributed by atoms with Crippen LogP contribution in [0.25, 0.3) is 11.1 Å². The Morgan fingerprint density at radius 2 is 1.96 bits per heavy atom. The number of esters is 1. The number of ether oxygens (including phenoxy) is 1. The second-order valence-corrected chi connectivity index (χ2v) is 6.19. The number of aryl methyl sites for hydroxylation is 1. The van der Waals surface area contributed by atoms with Crippen LogP contribution >= 0.6 is 0 Å². The molecule has 0 fully saturated rings. The van der Waals surface area contributed by atoms with E-state index < -0.39 is 11.7 Å². The highest BCUT2D eigenvalue weighted by Crippen LogP contribution is 2.16. The Hall–Kier alpha value is -3.35. The monoisotopic (exact) mass is 368 g/mol. The fraction of sp³-hybridized carbons (Fsp3) is 0.250. The average Bonchev–Trinajstić information content (AvgIpc) is 3.11. The van der Waals surface area contributed by atoms with Gasteiger partial charge in [-0.3, -0.25) is 14.2 Å². The van der Waals surface area contributed by atoms with Gasteiger partial charge in [0.2, 0.25) is 5.78 Å². The van der Waals surface area contributed by atoms with Crippen molar-refractivity contribution in [2.75, 3.05) is 6.61 Å². The van der Waals surface area contributed by atoms with Crippen LogP contribution in [-0.2, 0) is 22.6 Å². The fourth-order valence-corrected chi connectivity index (χ4v) is 3.06. The van der Waals surface area contributed by atoms with Crippen molar-refractivity contribution in [1.82, 2.24) is 9.13 Å². The lowest BCUT2D eigenvalue weighted by Gasteiger charge is -2.07. The second-order valence-electron chi connectivity index (χ2n) is 6.19. The van der Waals surface area contributed by atoms with E-state index in [1.165, 1.54) is 4.57 Å². The standard InChI is InChI=1S/C20H20N2O5/c1-4-9-21-13(2)10-15(14(21)3)17(23)12-26-19(24)11-22-16-7-5-6-8-18(16)27-20(22)25/h4-8,10H,1,9,11-12H2,2-3H3. The van der Waals surface area contributed by atoms with Crippen LogP contribution in [0.2, 0.25) is 0 Å². The fourth-order valence-electron chi connectivity index (χ4n) is 3.06. The van der Waals surface area contributed by atoms with Crippen molar-refractivity contribution < 1.29 is 18.7 Å². The van der Waals surface area contributed by atoms with Crippen molar-refractivity contribution in [3.8, 4) is 0 Å². The van der Waals surface area contributed by atoms with Crippen molar-refractivity contribution in [3.63, 3.8) is 0 Å². The molecule has 1 aromatic carbocycles. The van der Waals surface area contributed by atoms with Gasteiger partial charge in [-0.15, -0.1) is 6.58 Å². The molecule has 0 spiro atoms. The number of carbonyl (C=O) groups is 2. The van der Waals surface area contributed by atoms with Crippen molar-refractivity contribution in [3.05, 3.63) is 70.5 Å². The van der Waals surface area contributed by atoms with E-state index in [-0.39, 0.29) is 18.9 Å². The maximum Gasteiger partial charge on any atom is 0.420 e. The molecule has 7 nitrogen and oxygen atoms in total. The van der Waals surface area contributed by atoms with Crippen LogP contribution in [0.15, 0.2) is 52.2 Å². The van der Waals surface area contributed by atoms with Crippen LogP contribution in [0.4, 0.5) is 0 Å². The Balaban J connectivity index is 1.68. The minimum atomic E-state index is -0.683. The van der Waals surface area contributed by atoms with Gasteiger partial charge in [-0.05, 0) is 32.0 Å². The zero-order valence-corrected chi connectivity index (χ0v) is 15.2. The lowest BCUT2D eigenvalue weighted by atomic mass is 10.1. The van der Waals surface area contributed by atoms with E-state index in [0.29, 0.717) is 23.2 Å². The maximum atomic E-state index is 12.4. The highest BCUT2D eigenvalue weighted by atomic mass is 16.5. The van der Waals surface area contributed by atoms with Crippen molar-refractivity contribution in [2.45, 2.75) is 26.9 Å². The molecule has 0 radical (unpaired) electrons. The lowest BCUT2D eigenvalue weighted by Crippen LogP contribution is -2.23. The van der Waals surface area contributed by atoms with Crippen LogP contribution in [-0.4, -0.2) is 27.5 Å². The SMILES string of the molecule is C=CCn1c(C)cc(C(=O)COC(=O)Cn2c(=O)oc3ccccc32)c1C.